The van der Waals surface area contributed by atoms with E-state index in [1.54, 1.807) is 6.08 Å². The Balaban J connectivity index is 3.51. The molecule has 3 unspecified atom stereocenters. The molecule has 0 bridgehead atoms. The molecule has 0 aromatic rings. The first-order chi connectivity index (χ1) is 24.5. The number of carbonyl (C=O) groups excluding carboxylic acids is 1. The molecule has 0 rings (SSSR count). The SMILES string of the molecule is CCCCC/C=C/CC/C=C/C(O)C(CO)NC(=O)CC(O)CCCCCCCCCCCCCCCCCCCCCCCCCCCC. The second kappa shape index (κ2) is 40.6. The number of nitrogens with one attached hydrogen (secondary N) is 1. The molecule has 0 aromatic heterocycles. The summed E-state index contributed by atoms with van der Waals surface area (Å²) in [7, 11) is 0. The summed E-state index contributed by atoms with van der Waals surface area (Å²) < 4.78 is 0. The molecule has 5 nitrogen and oxygen atoms in total. The molecule has 4 N–H and O–H groups in total. The summed E-state index contributed by atoms with van der Waals surface area (Å²) in [6.45, 7) is 4.15. The summed E-state index contributed by atoms with van der Waals surface area (Å²) in [5.41, 5.74) is 0. The summed E-state index contributed by atoms with van der Waals surface area (Å²) in [5, 5.41) is 33.0. The summed E-state index contributed by atoms with van der Waals surface area (Å²) >= 11 is 0. The van der Waals surface area contributed by atoms with Crippen LogP contribution in [0.1, 0.15) is 232 Å². The zero-order valence-electron chi connectivity index (χ0n) is 33.5. The van der Waals surface area contributed by atoms with Crippen molar-refractivity contribution in [2.24, 2.45) is 0 Å². The maximum Gasteiger partial charge on any atom is 0.222 e. The number of aliphatic hydroxyl groups excluding tert-OH is 3. The van der Waals surface area contributed by atoms with Gasteiger partial charge in [-0.05, 0) is 32.1 Å². The third-order valence-electron chi connectivity index (χ3n) is 10.2. The lowest BCUT2D eigenvalue weighted by molar-refractivity contribution is -0.124. The van der Waals surface area contributed by atoms with Crippen LogP contribution in [0.3, 0.4) is 0 Å². The minimum absolute atomic E-state index is 0.00913. The molecule has 0 heterocycles. The van der Waals surface area contributed by atoms with Crippen LogP contribution in [0.4, 0.5) is 0 Å². The zero-order valence-corrected chi connectivity index (χ0v) is 33.5. The van der Waals surface area contributed by atoms with Gasteiger partial charge in [-0.2, -0.15) is 0 Å². The van der Waals surface area contributed by atoms with E-state index in [9.17, 15) is 20.1 Å². The summed E-state index contributed by atoms with van der Waals surface area (Å²) in [6, 6.07) is -0.755. The third-order valence-corrected chi connectivity index (χ3v) is 10.2. The lowest BCUT2D eigenvalue weighted by Gasteiger charge is -2.21. The molecule has 0 spiro atoms. The van der Waals surface area contributed by atoms with Crippen LogP contribution in [0.15, 0.2) is 24.3 Å². The second-order valence-electron chi connectivity index (χ2n) is 15.3. The van der Waals surface area contributed by atoms with Crippen molar-refractivity contribution in [1.82, 2.24) is 5.32 Å². The van der Waals surface area contributed by atoms with Gasteiger partial charge in [0.15, 0.2) is 0 Å². The number of hydrogen-bond acceptors (Lipinski definition) is 4. The normalized spacial score (nSPS) is 13.8. The number of allylic oxidation sites excluding steroid dienone is 3. The van der Waals surface area contributed by atoms with Gasteiger partial charge in [0.1, 0.15) is 0 Å². The van der Waals surface area contributed by atoms with Crippen LogP contribution in [0, 0.1) is 0 Å². The fraction of sp³-hybridized carbons (Fsp3) is 0.889. The van der Waals surface area contributed by atoms with Crippen molar-refractivity contribution in [3.8, 4) is 0 Å². The number of amides is 1. The van der Waals surface area contributed by atoms with Crippen molar-refractivity contribution >= 4 is 5.91 Å². The Bertz CT molecular complexity index is 739. The quantitative estimate of drug-likeness (QED) is 0.0377. The molecule has 0 saturated carbocycles. The van der Waals surface area contributed by atoms with Crippen LogP contribution in [-0.2, 0) is 4.79 Å². The van der Waals surface area contributed by atoms with Crippen LogP contribution < -0.4 is 5.32 Å². The number of hydrogen-bond donors (Lipinski definition) is 4. The first-order valence-electron chi connectivity index (χ1n) is 22.1. The van der Waals surface area contributed by atoms with E-state index in [4.69, 9.17) is 0 Å². The molecule has 5 heteroatoms. The molecule has 0 aliphatic heterocycles. The Labute approximate surface area is 312 Å². The summed E-state index contributed by atoms with van der Waals surface area (Å²) in [5.74, 6) is -0.325. The van der Waals surface area contributed by atoms with Crippen LogP contribution in [0.25, 0.3) is 0 Å². The molecule has 0 radical (unpaired) electrons. The molecule has 0 aromatic carbocycles. The Morgan fingerprint density at radius 1 is 0.500 bits per heavy atom. The van der Waals surface area contributed by atoms with Gasteiger partial charge in [0.05, 0.1) is 31.3 Å². The van der Waals surface area contributed by atoms with E-state index in [0.29, 0.717) is 6.42 Å². The molecule has 3 atom stereocenters. The largest absolute Gasteiger partial charge is 0.394 e. The average molecular weight is 706 g/mol. The number of unbranched alkanes of at least 4 members (excludes halogenated alkanes) is 29. The highest BCUT2D eigenvalue weighted by Gasteiger charge is 2.20. The maximum atomic E-state index is 12.4. The lowest BCUT2D eigenvalue weighted by atomic mass is 10.0. The molecule has 296 valence electrons. The van der Waals surface area contributed by atoms with Gasteiger partial charge < -0.3 is 20.6 Å². The van der Waals surface area contributed by atoms with E-state index in [0.717, 1.165) is 32.1 Å². The molecule has 0 aliphatic rings. The highest BCUT2D eigenvalue weighted by molar-refractivity contribution is 5.76. The van der Waals surface area contributed by atoms with Crippen LogP contribution in [0.5, 0.6) is 0 Å². The first kappa shape index (κ1) is 48.8. The average Bonchev–Trinajstić information content (AvgIpc) is 3.11. The van der Waals surface area contributed by atoms with Crippen LogP contribution in [-0.4, -0.2) is 46.1 Å². The molecular weight excluding hydrogens is 618 g/mol. The molecule has 50 heavy (non-hydrogen) atoms. The fourth-order valence-electron chi connectivity index (χ4n) is 6.83. The van der Waals surface area contributed by atoms with E-state index in [1.807, 2.05) is 6.08 Å². The van der Waals surface area contributed by atoms with Gasteiger partial charge in [0.2, 0.25) is 5.91 Å². The Morgan fingerprint density at radius 2 is 0.860 bits per heavy atom. The van der Waals surface area contributed by atoms with Crippen molar-refractivity contribution in [1.29, 1.82) is 0 Å². The second-order valence-corrected chi connectivity index (χ2v) is 15.3. The molecule has 0 fully saturated rings. The van der Waals surface area contributed by atoms with Gasteiger partial charge in [0, 0.05) is 0 Å². The minimum Gasteiger partial charge on any atom is -0.394 e. The number of carbonyl (C=O) groups is 1. The Hall–Kier alpha value is -1.17. The van der Waals surface area contributed by atoms with Gasteiger partial charge in [-0.25, -0.2) is 0 Å². The van der Waals surface area contributed by atoms with Crippen molar-refractivity contribution in [3.63, 3.8) is 0 Å². The predicted molar refractivity (Wildman–Crippen MR) is 218 cm³/mol. The van der Waals surface area contributed by atoms with E-state index >= 15 is 0 Å². The van der Waals surface area contributed by atoms with Crippen LogP contribution in [0.2, 0.25) is 0 Å². The smallest absolute Gasteiger partial charge is 0.222 e. The van der Waals surface area contributed by atoms with E-state index in [2.05, 4.69) is 31.3 Å². The van der Waals surface area contributed by atoms with E-state index in [-0.39, 0.29) is 18.9 Å². The molecule has 1 amide bonds. The number of rotatable bonds is 40. The lowest BCUT2D eigenvalue weighted by Crippen LogP contribution is -2.45. The van der Waals surface area contributed by atoms with Gasteiger partial charge >= 0.3 is 0 Å². The van der Waals surface area contributed by atoms with Gasteiger partial charge in [0.25, 0.3) is 0 Å². The van der Waals surface area contributed by atoms with E-state index in [1.165, 1.54) is 173 Å². The summed E-state index contributed by atoms with van der Waals surface area (Å²) in [4.78, 5) is 12.4. The number of aliphatic hydroxyl groups is 3. The highest BCUT2D eigenvalue weighted by atomic mass is 16.3. The van der Waals surface area contributed by atoms with Crippen molar-refractivity contribution in [3.05, 3.63) is 24.3 Å². The van der Waals surface area contributed by atoms with Crippen molar-refractivity contribution < 1.29 is 20.1 Å². The fourth-order valence-corrected chi connectivity index (χ4v) is 6.83. The van der Waals surface area contributed by atoms with E-state index < -0.39 is 18.2 Å². The Morgan fingerprint density at radius 3 is 1.28 bits per heavy atom. The molecular formula is C45H87NO4. The summed E-state index contributed by atoms with van der Waals surface area (Å²) in [6.07, 6.45) is 49.2. The van der Waals surface area contributed by atoms with Crippen molar-refractivity contribution in [2.75, 3.05) is 6.61 Å². The van der Waals surface area contributed by atoms with Gasteiger partial charge in [-0.3, -0.25) is 4.79 Å². The maximum absolute atomic E-state index is 12.4. The van der Waals surface area contributed by atoms with Gasteiger partial charge in [-0.15, -0.1) is 0 Å². The van der Waals surface area contributed by atoms with Crippen LogP contribution >= 0.6 is 0 Å². The zero-order chi connectivity index (χ0) is 36.6. The standard InChI is InChI=1S/C45H87NO4/c1-3-5-7-9-11-13-14-15-16-17-18-19-20-21-22-23-24-25-26-27-28-29-31-32-34-36-38-42(48)40-45(50)46-43(41-47)44(49)39-37-35-33-30-12-10-8-6-4-2/h12,30,37,39,42-44,47-49H,3-11,13-29,31-36,38,40-41H2,1-2H3,(H,46,50)/b30-12+,39-37+. The molecule has 0 aliphatic carbocycles. The molecule has 0 saturated heterocycles. The van der Waals surface area contributed by atoms with Gasteiger partial charge in [-0.1, -0.05) is 218 Å². The topological polar surface area (TPSA) is 89.8 Å². The highest BCUT2D eigenvalue weighted by Crippen LogP contribution is 2.17. The Kier molecular flexibility index (Phi) is 39.6. The minimum atomic E-state index is -0.946. The van der Waals surface area contributed by atoms with Crippen molar-refractivity contribution in [2.45, 2.75) is 250 Å². The first-order valence-corrected chi connectivity index (χ1v) is 22.1. The third kappa shape index (κ3) is 36.6. The monoisotopic (exact) mass is 706 g/mol. The predicted octanol–water partition coefficient (Wildman–Crippen LogP) is 12.6.